The Kier molecular flexibility index (Phi) is 5.39. The van der Waals surface area contributed by atoms with Crippen molar-refractivity contribution in [2.24, 2.45) is 0 Å². The molecule has 0 bridgehead atoms. The van der Waals surface area contributed by atoms with E-state index in [0.717, 1.165) is 38.2 Å². The fourth-order valence-corrected chi connectivity index (χ4v) is 4.36. The first-order valence-electron chi connectivity index (χ1n) is 8.47. The maximum absolute atomic E-state index is 12.1. The molecule has 0 aliphatic carbocycles. The molecule has 0 N–H and O–H groups in total. The number of methoxy groups -OCH3 is 1. The van der Waals surface area contributed by atoms with Crippen LogP contribution in [0.25, 0.3) is 0 Å². The van der Waals surface area contributed by atoms with E-state index >= 15 is 0 Å². The normalized spacial score (nSPS) is 18.9. The SMILES string of the molecule is COc1ccc(CN2CCC[C@H](c3ncccc3S(C)(=O)=O)C2)cc1. The van der Waals surface area contributed by atoms with Crippen LogP contribution in [0.3, 0.4) is 0 Å². The smallest absolute Gasteiger partial charge is 0.177 e. The van der Waals surface area contributed by atoms with Gasteiger partial charge in [0.15, 0.2) is 9.84 Å². The summed E-state index contributed by atoms with van der Waals surface area (Å²) >= 11 is 0. The molecule has 134 valence electrons. The number of nitrogens with zero attached hydrogens (tertiary/aromatic N) is 2. The van der Waals surface area contributed by atoms with Crippen LogP contribution in [0, 0.1) is 0 Å². The standard InChI is InChI=1S/C19H24N2O3S/c1-24-17-9-7-15(8-10-17)13-21-12-4-5-16(14-21)19-18(25(2,22)23)6-3-11-20-19/h3,6-11,16H,4-5,12-14H2,1-2H3/t16-/m0/s1. The van der Waals surface area contributed by atoms with E-state index < -0.39 is 9.84 Å². The van der Waals surface area contributed by atoms with Gasteiger partial charge in [-0.25, -0.2) is 8.42 Å². The number of rotatable bonds is 5. The van der Waals surface area contributed by atoms with Crippen molar-refractivity contribution < 1.29 is 13.2 Å². The van der Waals surface area contributed by atoms with Gasteiger partial charge in [0.2, 0.25) is 0 Å². The summed E-state index contributed by atoms with van der Waals surface area (Å²) < 4.78 is 29.3. The summed E-state index contributed by atoms with van der Waals surface area (Å²) in [5, 5.41) is 0. The van der Waals surface area contributed by atoms with Crippen LogP contribution in [-0.2, 0) is 16.4 Å². The summed E-state index contributed by atoms with van der Waals surface area (Å²) in [7, 11) is -1.60. The van der Waals surface area contributed by atoms with Crippen LogP contribution in [0.4, 0.5) is 0 Å². The Labute approximate surface area is 149 Å². The van der Waals surface area contributed by atoms with Crippen LogP contribution < -0.4 is 4.74 Å². The predicted octanol–water partition coefficient (Wildman–Crippen LogP) is 2.87. The Bertz CT molecular complexity index is 819. The van der Waals surface area contributed by atoms with Crippen LogP contribution in [0.1, 0.15) is 30.0 Å². The van der Waals surface area contributed by atoms with Crippen LogP contribution >= 0.6 is 0 Å². The van der Waals surface area contributed by atoms with Gasteiger partial charge in [-0.05, 0) is 49.2 Å². The highest BCUT2D eigenvalue weighted by Gasteiger charge is 2.27. The number of ether oxygens (including phenoxy) is 1. The van der Waals surface area contributed by atoms with E-state index in [9.17, 15) is 8.42 Å². The van der Waals surface area contributed by atoms with E-state index in [-0.39, 0.29) is 5.92 Å². The molecule has 1 fully saturated rings. The maximum atomic E-state index is 12.1. The van der Waals surface area contributed by atoms with Crippen LogP contribution in [0.5, 0.6) is 5.75 Å². The zero-order chi connectivity index (χ0) is 17.9. The Morgan fingerprint density at radius 3 is 2.68 bits per heavy atom. The summed E-state index contributed by atoms with van der Waals surface area (Å²) in [5.41, 5.74) is 1.94. The molecule has 1 aliphatic rings. The van der Waals surface area contributed by atoms with E-state index in [1.165, 1.54) is 11.8 Å². The number of hydrogen-bond acceptors (Lipinski definition) is 5. The van der Waals surface area contributed by atoms with E-state index in [1.54, 1.807) is 25.4 Å². The second kappa shape index (κ2) is 7.54. The zero-order valence-corrected chi connectivity index (χ0v) is 15.5. The van der Waals surface area contributed by atoms with E-state index in [1.807, 2.05) is 12.1 Å². The summed E-state index contributed by atoms with van der Waals surface area (Å²) in [5.74, 6) is 1.00. The van der Waals surface area contributed by atoms with Crippen LogP contribution in [0.2, 0.25) is 0 Å². The summed E-state index contributed by atoms with van der Waals surface area (Å²) in [6.07, 6.45) is 4.96. The second-order valence-corrected chi connectivity index (χ2v) is 8.57. The average Bonchev–Trinajstić information content (AvgIpc) is 2.62. The number of aromatic nitrogens is 1. The van der Waals surface area contributed by atoms with E-state index in [2.05, 4.69) is 22.0 Å². The number of likely N-dealkylation sites (tertiary alicyclic amines) is 1. The average molecular weight is 360 g/mol. The molecule has 5 nitrogen and oxygen atoms in total. The molecule has 25 heavy (non-hydrogen) atoms. The zero-order valence-electron chi connectivity index (χ0n) is 14.7. The van der Waals surface area contributed by atoms with Crippen molar-refractivity contribution in [2.45, 2.75) is 30.2 Å². The third-order valence-electron chi connectivity index (χ3n) is 4.66. The number of benzene rings is 1. The Balaban J connectivity index is 1.75. The van der Waals surface area contributed by atoms with Gasteiger partial charge in [0.05, 0.1) is 17.7 Å². The Morgan fingerprint density at radius 1 is 1.24 bits per heavy atom. The highest BCUT2D eigenvalue weighted by Crippen LogP contribution is 2.30. The molecule has 1 atom stereocenters. The fourth-order valence-electron chi connectivity index (χ4n) is 3.43. The minimum Gasteiger partial charge on any atom is -0.497 e. The van der Waals surface area contributed by atoms with Gasteiger partial charge in [-0.1, -0.05) is 12.1 Å². The van der Waals surface area contributed by atoms with Crippen molar-refractivity contribution >= 4 is 9.84 Å². The largest absolute Gasteiger partial charge is 0.497 e. The highest BCUT2D eigenvalue weighted by molar-refractivity contribution is 7.90. The minimum absolute atomic E-state index is 0.151. The van der Waals surface area contributed by atoms with Crippen molar-refractivity contribution in [1.29, 1.82) is 0 Å². The second-order valence-electron chi connectivity index (χ2n) is 6.58. The van der Waals surface area contributed by atoms with Gasteiger partial charge in [-0.3, -0.25) is 9.88 Å². The quantitative estimate of drug-likeness (QED) is 0.820. The first-order chi connectivity index (χ1) is 12.0. The third kappa shape index (κ3) is 4.38. The van der Waals surface area contributed by atoms with Crippen LogP contribution in [-0.4, -0.2) is 44.8 Å². The van der Waals surface area contributed by atoms with Gasteiger partial charge in [-0.2, -0.15) is 0 Å². The summed E-state index contributed by atoms with van der Waals surface area (Å²) in [6, 6.07) is 11.4. The molecule has 3 rings (SSSR count). The van der Waals surface area contributed by atoms with Gasteiger partial charge in [0.1, 0.15) is 5.75 Å². The summed E-state index contributed by atoms with van der Waals surface area (Å²) in [6.45, 7) is 2.69. The monoisotopic (exact) mass is 360 g/mol. The number of piperidine rings is 1. The molecule has 1 saturated heterocycles. The van der Waals surface area contributed by atoms with Crippen molar-refractivity contribution in [3.63, 3.8) is 0 Å². The van der Waals surface area contributed by atoms with Gasteiger partial charge < -0.3 is 4.74 Å². The number of sulfone groups is 1. The molecule has 2 aromatic rings. The van der Waals surface area contributed by atoms with Crippen molar-refractivity contribution in [2.75, 3.05) is 26.5 Å². The first-order valence-corrected chi connectivity index (χ1v) is 10.4. The molecule has 1 aliphatic heterocycles. The molecular weight excluding hydrogens is 336 g/mol. The molecule has 1 aromatic heterocycles. The molecular formula is C19H24N2O3S. The number of pyridine rings is 1. The van der Waals surface area contributed by atoms with Crippen LogP contribution in [0.15, 0.2) is 47.5 Å². The lowest BCUT2D eigenvalue weighted by Gasteiger charge is -2.33. The fraction of sp³-hybridized carbons (Fsp3) is 0.421. The lowest BCUT2D eigenvalue weighted by molar-refractivity contribution is 0.197. The highest BCUT2D eigenvalue weighted by atomic mass is 32.2. The number of hydrogen-bond donors (Lipinski definition) is 0. The molecule has 2 heterocycles. The molecule has 0 saturated carbocycles. The van der Waals surface area contributed by atoms with Crippen molar-refractivity contribution in [1.82, 2.24) is 9.88 Å². The van der Waals surface area contributed by atoms with E-state index in [4.69, 9.17) is 4.74 Å². The Hall–Kier alpha value is -1.92. The lowest BCUT2D eigenvalue weighted by Crippen LogP contribution is -2.34. The molecule has 0 unspecified atom stereocenters. The van der Waals surface area contributed by atoms with Gasteiger partial charge in [-0.15, -0.1) is 0 Å². The third-order valence-corrected chi connectivity index (χ3v) is 5.80. The first kappa shape index (κ1) is 17.9. The maximum Gasteiger partial charge on any atom is 0.177 e. The van der Waals surface area contributed by atoms with Gasteiger partial charge in [0, 0.05) is 31.5 Å². The molecule has 6 heteroatoms. The van der Waals surface area contributed by atoms with E-state index in [0.29, 0.717) is 10.6 Å². The van der Waals surface area contributed by atoms with Crippen molar-refractivity contribution in [3.8, 4) is 5.75 Å². The lowest BCUT2D eigenvalue weighted by atomic mass is 9.94. The molecule has 0 radical (unpaired) electrons. The molecule has 0 spiro atoms. The summed E-state index contributed by atoms with van der Waals surface area (Å²) in [4.78, 5) is 7.15. The van der Waals surface area contributed by atoms with Gasteiger partial charge >= 0.3 is 0 Å². The minimum atomic E-state index is -3.26. The van der Waals surface area contributed by atoms with Gasteiger partial charge in [0.25, 0.3) is 0 Å². The Morgan fingerprint density at radius 2 is 2.00 bits per heavy atom. The topological polar surface area (TPSA) is 59.5 Å². The predicted molar refractivity (Wildman–Crippen MR) is 97.6 cm³/mol. The van der Waals surface area contributed by atoms with Crippen molar-refractivity contribution in [3.05, 3.63) is 53.9 Å². The molecule has 0 amide bonds. The molecule has 1 aromatic carbocycles.